The fourth-order valence-corrected chi connectivity index (χ4v) is 1.39. The molecule has 13 heavy (non-hydrogen) atoms. The van der Waals surface area contributed by atoms with E-state index in [0.29, 0.717) is 17.4 Å². The van der Waals surface area contributed by atoms with Crippen LogP contribution in [0.1, 0.15) is 23.5 Å². The van der Waals surface area contributed by atoms with Crippen LogP contribution in [0.2, 0.25) is 0 Å². The Hall–Kier alpha value is -1.03. The summed E-state index contributed by atoms with van der Waals surface area (Å²) >= 11 is 1.12. The number of carbonyl (C=O) groups excluding carboxylic acids is 1. The van der Waals surface area contributed by atoms with Crippen LogP contribution < -0.4 is 0 Å². The SMILES string of the molecule is CC(C)COC(=O)c1cc([O])cs1. The van der Waals surface area contributed by atoms with Crippen LogP contribution in [0.5, 0.6) is 5.75 Å². The first-order valence-corrected chi connectivity index (χ1v) is 4.90. The van der Waals surface area contributed by atoms with Crippen molar-refractivity contribution in [2.75, 3.05) is 6.61 Å². The average Bonchev–Trinajstić information content (AvgIpc) is 2.47. The van der Waals surface area contributed by atoms with Crippen molar-refractivity contribution in [3.05, 3.63) is 16.3 Å². The molecule has 0 atom stereocenters. The molecule has 0 bridgehead atoms. The molecule has 4 heteroatoms. The van der Waals surface area contributed by atoms with Gasteiger partial charge >= 0.3 is 5.97 Å². The van der Waals surface area contributed by atoms with Gasteiger partial charge in [-0.3, -0.25) is 5.11 Å². The quantitative estimate of drug-likeness (QED) is 0.702. The molecule has 0 saturated heterocycles. The summed E-state index contributed by atoms with van der Waals surface area (Å²) in [6, 6.07) is 1.30. The molecular formula is C9H11O3S. The molecule has 1 rings (SSSR count). The van der Waals surface area contributed by atoms with Crippen LogP contribution in [-0.2, 0) is 9.84 Å². The minimum absolute atomic E-state index is 0.138. The third-order valence-corrected chi connectivity index (χ3v) is 2.21. The van der Waals surface area contributed by atoms with Crippen LogP contribution in [0, 0.1) is 5.92 Å². The van der Waals surface area contributed by atoms with E-state index in [0.717, 1.165) is 11.3 Å². The summed E-state index contributed by atoms with van der Waals surface area (Å²) in [5, 5.41) is 12.1. The summed E-state index contributed by atoms with van der Waals surface area (Å²) in [6.07, 6.45) is 0. The summed E-state index contributed by atoms with van der Waals surface area (Å²) < 4.78 is 4.94. The smallest absolute Gasteiger partial charge is 0.348 e. The predicted octanol–water partition coefficient (Wildman–Crippen LogP) is 2.70. The van der Waals surface area contributed by atoms with Crippen molar-refractivity contribution >= 4 is 17.3 Å². The molecule has 0 spiro atoms. The van der Waals surface area contributed by atoms with Crippen molar-refractivity contribution in [1.29, 1.82) is 0 Å². The normalized spacial score (nSPS) is 10.4. The molecule has 71 valence electrons. The summed E-state index contributed by atoms with van der Waals surface area (Å²) in [6.45, 7) is 4.31. The molecule has 1 heterocycles. The van der Waals surface area contributed by atoms with Gasteiger partial charge in [-0.1, -0.05) is 13.8 Å². The van der Waals surface area contributed by atoms with Crippen LogP contribution in [-0.4, -0.2) is 12.6 Å². The highest BCUT2D eigenvalue weighted by Gasteiger charge is 2.11. The van der Waals surface area contributed by atoms with Gasteiger partial charge in [-0.05, 0) is 5.92 Å². The van der Waals surface area contributed by atoms with E-state index in [4.69, 9.17) is 4.74 Å². The standard InChI is InChI=1S/C9H11O3S/c1-6(2)4-12-9(11)8-3-7(10)5-13-8/h3,5-6H,4H2,1-2H3. The second kappa shape index (κ2) is 4.28. The van der Waals surface area contributed by atoms with Crippen molar-refractivity contribution < 1.29 is 14.6 Å². The Labute approximate surface area is 81.0 Å². The number of hydrogen-bond donors (Lipinski definition) is 0. The second-order valence-corrected chi connectivity index (χ2v) is 4.05. The van der Waals surface area contributed by atoms with Gasteiger partial charge in [-0.2, -0.15) is 0 Å². The Morgan fingerprint density at radius 1 is 1.62 bits per heavy atom. The first-order valence-electron chi connectivity index (χ1n) is 4.02. The molecule has 0 aliphatic carbocycles. The predicted molar refractivity (Wildman–Crippen MR) is 49.6 cm³/mol. The minimum atomic E-state index is -0.402. The van der Waals surface area contributed by atoms with E-state index >= 15 is 0 Å². The average molecular weight is 199 g/mol. The van der Waals surface area contributed by atoms with E-state index in [9.17, 15) is 9.90 Å². The van der Waals surface area contributed by atoms with Gasteiger partial charge in [0.25, 0.3) is 0 Å². The lowest BCUT2D eigenvalue weighted by Gasteiger charge is -2.04. The number of rotatable bonds is 3. The lowest BCUT2D eigenvalue weighted by Crippen LogP contribution is -2.08. The van der Waals surface area contributed by atoms with Crippen molar-refractivity contribution in [2.45, 2.75) is 13.8 Å². The Kier molecular flexibility index (Phi) is 3.31. The summed E-state index contributed by atoms with van der Waals surface area (Å²) in [5.41, 5.74) is 0. The highest BCUT2D eigenvalue weighted by molar-refractivity contribution is 7.12. The van der Waals surface area contributed by atoms with E-state index in [1.165, 1.54) is 11.4 Å². The molecule has 0 aliphatic rings. The molecule has 0 aliphatic heterocycles. The van der Waals surface area contributed by atoms with Crippen LogP contribution >= 0.6 is 11.3 Å². The summed E-state index contributed by atoms with van der Waals surface area (Å²) in [5.74, 6) is -0.224. The Balaban J connectivity index is 2.49. The molecule has 0 unspecified atom stereocenters. The molecule has 1 radical (unpaired) electrons. The molecule has 0 saturated carbocycles. The molecule has 0 aromatic carbocycles. The lowest BCUT2D eigenvalue weighted by atomic mass is 10.2. The molecule has 0 fully saturated rings. The van der Waals surface area contributed by atoms with Crippen molar-refractivity contribution in [3.63, 3.8) is 0 Å². The van der Waals surface area contributed by atoms with Crippen LogP contribution in [0.4, 0.5) is 0 Å². The first-order chi connectivity index (χ1) is 6.09. The highest BCUT2D eigenvalue weighted by atomic mass is 32.1. The number of esters is 1. The van der Waals surface area contributed by atoms with Gasteiger partial charge < -0.3 is 4.74 Å². The van der Waals surface area contributed by atoms with Crippen LogP contribution in [0.15, 0.2) is 11.4 Å². The Morgan fingerprint density at radius 2 is 2.31 bits per heavy atom. The summed E-state index contributed by atoms with van der Waals surface area (Å²) in [7, 11) is 0. The zero-order valence-electron chi connectivity index (χ0n) is 7.57. The maximum absolute atomic E-state index is 11.2. The van der Waals surface area contributed by atoms with Crippen LogP contribution in [0.25, 0.3) is 0 Å². The topological polar surface area (TPSA) is 46.2 Å². The third kappa shape index (κ3) is 3.06. The van der Waals surface area contributed by atoms with E-state index in [-0.39, 0.29) is 5.75 Å². The lowest BCUT2D eigenvalue weighted by molar-refractivity contribution is 0.0464. The number of ether oxygens (including phenoxy) is 1. The second-order valence-electron chi connectivity index (χ2n) is 3.14. The first kappa shape index (κ1) is 10.1. The van der Waals surface area contributed by atoms with E-state index in [1.807, 2.05) is 13.8 Å². The van der Waals surface area contributed by atoms with Crippen LogP contribution in [0.3, 0.4) is 0 Å². The molecule has 1 aromatic heterocycles. The van der Waals surface area contributed by atoms with E-state index in [2.05, 4.69) is 0 Å². The molecule has 3 nitrogen and oxygen atoms in total. The van der Waals surface area contributed by atoms with Gasteiger partial charge in [0, 0.05) is 11.4 Å². The minimum Gasteiger partial charge on any atom is -0.461 e. The van der Waals surface area contributed by atoms with Gasteiger partial charge in [0.15, 0.2) is 5.75 Å². The molecule has 0 N–H and O–H groups in total. The van der Waals surface area contributed by atoms with Crippen molar-refractivity contribution in [2.24, 2.45) is 5.92 Å². The van der Waals surface area contributed by atoms with Gasteiger partial charge in [0.2, 0.25) is 0 Å². The Morgan fingerprint density at radius 3 is 2.77 bits per heavy atom. The van der Waals surface area contributed by atoms with Gasteiger partial charge in [0.05, 0.1) is 6.61 Å². The maximum atomic E-state index is 11.2. The molecule has 0 amide bonds. The zero-order chi connectivity index (χ0) is 9.84. The van der Waals surface area contributed by atoms with Crippen molar-refractivity contribution in [3.8, 4) is 5.75 Å². The van der Waals surface area contributed by atoms with Gasteiger partial charge in [0.1, 0.15) is 4.88 Å². The van der Waals surface area contributed by atoms with E-state index in [1.54, 1.807) is 0 Å². The summed E-state index contributed by atoms with van der Waals surface area (Å²) in [4.78, 5) is 11.6. The van der Waals surface area contributed by atoms with E-state index < -0.39 is 5.97 Å². The number of hydrogen-bond acceptors (Lipinski definition) is 3. The maximum Gasteiger partial charge on any atom is 0.348 e. The van der Waals surface area contributed by atoms with Gasteiger partial charge in [-0.15, -0.1) is 11.3 Å². The van der Waals surface area contributed by atoms with Crippen molar-refractivity contribution in [1.82, 2.24) is 0 Å². The Bertz CT molecular complexity index is 291. The third-order valence-electron chi connectivity index (χ3n) is 1.32. The van der Waals surface area contributed by atoms with Gasteiger partial charge in [-0.25, -0.2) is 4.79 Å². The molecular weight excluding hydrogens is 188 g/mol. The monoisotopic (exact) mass is 199 g/mol. The fraction of sp³-hybridized carbons (Fsp3) is 0.444. The number of carbonyl (C=O) groups is 1. The largest absolute Gasteiger partial charge is 0.461 e. The highest BCUT2D eigenvalue weighted by Crippen LogP contribution is 2.21. The zero-order valence-corrected chi connectivity index (χ0v) is 8.39. The fourth-order valence-electron chi connectivity index (χ4n) is 0.739. The number of thiophene rings is 1. The molecule has 1 aromatic rings.